The minimum atomic E-state index is 0.435. The molecule has 138 valence electrons. The third-order valence-corrected chi connectivity index (χ3v) is 3.98. The number of tetrazole rings is 1. The number of nitrogens with one attached hydrogen (secondary N) is 1. The van der Waals surface area contributed by atoms with E-state index in [4.69, 9.17) is 4.74 Å². The Balaban J connectivity index is 1.35. The molecule has 3 aromatic carbocycles. The number of hydrogen-bond donors (Lipinski definition) is 1. The number of hydrogen-bond acceptors (Lipinski definition) is 6. The number of anilines is 1. The fraction of sp³-hybridized carbons (Fsp3) is 0.0476. The molecule has 4 aromatic rings. The lowest BCUT2D eigenvalue weighted by molar-refractivity contribution is 0.306. The average Bonchev–Trinajstić information content (AvgIpc) is 3.23. The maximum Gasteiger partial charge on any atom is 0.268 e. The summed E-state index contributed by atoms with van der Waals surface area (Å²) in [7, 11) is 0. The number of aromatic nitrogens is 4. The largest absolute Gasteiger partial charge is 0.489 e. The molecule has 1 heterocycles. The zero-order valence-electron chi connectivity index (χ0n) is 15.0. The van der Waals surface area contributed by atoms with Crippen molar-refractivity contribution in [2.75, 3.05) is 5.43 Å². The van der Waals surface area contributed by atoms with Gasteiger partial charge in [-0.25, -0.2) is 5.43 Å². The van der Waals surface area contributed by atoms with E-state index in [0.29, 0.717) is 12.6 Å². The molecule has 0 aliphatic heterocycles. The number of ether oxygens (including phenoxy) is 1. The van der Waals surface area contributed by atoms with E-state index in [9.17, 15) is 0 Å². The van der Waals surface area contributed by atoms with E-state index in [1.807, 2.05) is 84.9 Å². The van der Waals surface area contributed by atoms with Crippen LogP contribution in [0, 0.1) is 0 Å². The second kappa shape index (κ2) is 8.59. The highest BCUT2D eigenvalue weighted by molar-refractivity contribution is 5.80. The quantitative estimate of drug-likeness (QED) is 0.397. The van der Waals surface area contributed by atoms with Crippen molar-refractivity contribution in [1.82, 2.24) is 20.2 Å². The molecule has 0 radical (unpaired) electrons. The molecule has 1 N–H and O–H groups in total. The van der Waals surface area contributed by atoms with Crippen molar-refractivity contribution in [3.8, 4) is 11.4 Å². The van der Waals surface area contributed by atoms with Gasteiger partial charge >= 0.3 is 0 Å². The van der Waals surface area contributed by atoms with Crippen LogP contribution >= 0.6 is 0 Å². The predicted octanol–water partition coefficient (Wildman–Crippen LogP) is 3.69. The van der Waals surface area contributed by atoms with E-state index in [1.54, 1.807) is 10.9 Å². The number of para-hydroxylation sites is 1. The topological polar surface area (TPSA) is 77.2 Å². The van der Waals surface area contributed by atoms with Crippen LogP contribution in [0.25, 0.3) is 5.69 Å². The summed E-state index contributed by atoms with van der Waals surface area (Å²) < 4.78 is 7.37. The molecule has 0 aliphatic carbocycles. The molecule has 28 heavy (non-hydrogen) atoms. The molecular weight excluding hydrogens is 352 g/mol. The fourth-order valence-corrected chi connectivity index (χ4v) is 2.56. The lowest BCUT2D eigenvalue weighted by atomic mass is 10.2. The minimum absolute atomic E-state index is 0.435. The molecule has 0 unspecified atom stereocenters. The second-order valence-electron chi connectivity index (χ2n) is 5.96. The summed E-state index contributed by atoms with van der Waals surface area (Å²) in [5, 5.41) is 15.8. The molecule has 0 atom stereocenters. The van der Waals surface area contributed by atoms with Gasteiger partial charge < -0.3 is 4.74 Å². The van der Waals surface area contributed by atoms with Gasteiger partial charge in [-0.05, 0) is 58.0 Å². The summed E-state index contributed by atoms with van der Waals surface area (Å²) in [5.41, 5.74) is 5.78. The van der Waals surface area contributed by atoms with Gasteiger partial charge in [0, 0.05) is 0 Å². The van der Waals surface area contributed by atoms with Gasteiger partial charge in [0.25, 0.3) is 5.95 Å². The SMILES string of the molecule is C(=N/Nc1nnnn1-c1ccccc1)/c1ccc(OCc2ccccc2)cc1. The Morgan fingerprint density at radius 1 is 0.893 bits per heavy atom. The van der Waals surface area contributed by atoms with E-state index in [2.05, 4.69) is 26.1 Å². The number of nitrogens with zero attached hydrogens (tertiary/aromatic N) is 5. The van der Waals surface area contributed by atoms with E-state index < -0.39 is 0 Å². The molecule has 7 nitrogen and oxygen atoms in total. The van der Waals surface area contributed by atoms with Crippen LogP contribution in [0.4, 0.5) is 5.95 Å². The highest BCUT2D eigenvalue weighted by Gasteiger charge is 2.06. The van der Waals surface area contributed by atoms with Crippen LogP contribution in [0.3, 0.4) is 0 Å². The molecular formula is C21H18N6O. The Kier molecular flexibility index (Phi) is 5.34. The number of rotatable bonds is 7. The van der Waals surface area contributed by atoms with Gasteiger partial charge in [-0.15, -0.1) is 0 Å². The lowest BCUT2D eigenvalue weighted by Gasteiger charge is -2.06. The summed E-state index contributed by atoms with van der Waals surface area (Å²) in [6.45, 7) is 0.540. The van der Waals surface area contributed by atoms with Gasteiger partial charge in [0.2, 0.25) is 0 Å². The van der Waals surface area contributed by atoms with Crippen LogP contribution in [0.2, 0.25) is 0 Å². The number of benzene rings is 3. The first-order chi connectivity index (χ1) is 13.9. The van der Waals surface area contributed by atoms with Gasteiger partial charge in [-0.3, -0.25) is 0 Å². The molecule has 0 aliphatic rings. The van der Waals surface area contributed by atoms with E-state index in [0.717, 1.165) is 22.6 Å². The Morgan fingerprint density at radius 2 is 1.61 bits per heavy atom. The van der Waals surface area contributed by atoms with E-state index >= 15 is 0 Å². The predicted molar refractivity (Wildman–Crippen MR) is 108 cm³/mol. The third-order valence-electron chi connectivity index (χ3n) is 3.98. The second-order valence-corrected chi connectivity index (χ2v) is 5.96. The summed E-state index contributed by atoms with van der Waals surface area (Å²) in [5.74, 6) is 1.24. The normalized spacial score (nSPS) is 10.9. The summed E-state index contributed by atoms with van der Waals surface area (Å²) in [4.78, 5) is 0. The number of hydrazone groups is 1. The molecule has 1 aromatic heterocycles. The van der Waals surface area contributed by atoms with Gasteiger partial charge in [0.1, 0.15) is 12.4 Å². The molecule has 0 spiro atoms. The molecule has 4 rings (SSSR count). The maximum absolute atomic E-state index is 5.79. The van der Waals surface area contributed by atoms with Crippen LogP contribution in [0.5, 0.6) is 5.75 Å². The van der Waals surface area contributed by atoms with Crippen molar-refractivity contribution in [2.24, 2.45) is 5.10 Å². The zero-order valence-corrected chi connectivity index (χ0v) is 15.0. The first-order valence-corrected chi connectivity index (χ1v) is 8.78. The fourth-order valence-electron chi connectivity index (χ4n) is 2.56. The zero-order chi connectivity index (χ0) is 19.0. The molecule has 0 bridgehead atoms. The van der Waals surface area contributed by atoms with Crippen molar-refractivity contribution in [3.05, 3.63) is 96.1 Å². The van der Waals surface area contributed by atoms with Gasteiger partial charge in [0.15, 0.2) is 0 Å². The smallest absolute Gasteiger partial charge is 0.268 e. The summed E-state index contributed by atoms with van der Waals surface area (Å²) in [6.07, 6.45) is 1.70. The van der Waals surface area contributed by atoms with E-state index in [1.165, 1.54) is 0 Å². The van der Waals surface area contributed by atoms with Crippen molar-refractivity contribution in [1.29, 1.82) is 0 Å². The van der Waals surface area contributed by atoms with Gasteiger partial charge in [0.05, 0.1) is 11.9 Å². The van der Waals surface area contributed by atoms with Crippen molar-refractivity contribution >= 4 is 12.2 Å². The van der Waals surface area contributed by atoms with Crippen molar-refractivity contribution < 1.29 is 4.74 Å². The van der Waals surface area contributed by atoms with Crippen LogP contribution in [0.1, 0.15) is 11.1 Å². The monoisotopic (exact) mass is 370 g/mol. The molecule has 0 amide bonds. The van der Waals surface area contributed by atoms with Crippen molar-refractivity contribution in [2.45, 2.75) is 6.61 Å². The van der Waals surface area contributed by atoms with Crippen LogP contribution in [0.15, 0.2) is 90.0 Å². The first kappa shape index (κ1) is 17.4. The molecule has 7 heteroatoms. The van der Waals surface area contributed by atoms with Crippen LogP contribution in [-0.4, -0.2) is 26.4 Å². The Labute approximate surface area is 162 Å². The Bertz CT molecular complexity index is 1030. The summed E-state index contributed by atoms with van der Waals surface area (Å²) in [6, 6.07) is 27.4. The Morgan fingerprint density at radius 3 is 2.36 bits per heavy atom. The van der Waals surface area contributed by atoms with Gasteiger partial charge in [-0.2, -0.15) is 9.78 Å². The van der Waals surface area contributed by atoms with Crippen LogP contribution in [-0.2, 0) is 6.61 Å². The highest BCUT2D eigenvalue weighted by atomic mass is 16.5. The van der Waals surface area contributed by atoms with Crippen LogP contribution < -0.4 is 10.2 Å². The van der Waals surface area contributed by atoms with Crippen molar-refractivity contribution in [3.63, 3.8) is 0 Å². The molecule has 0 saturated carbocycles. The summed E-state index contributed by atoms with van der Waals surface area (Å²) >= 11 is 0. The van der Waals surface area contributed by atoms with Gasteiger partial charge in [-0.1, -0.05) is 53.6 Å². The molecule has 0 saturated heterocycles. The first-order valence-electron chi connectivity index (χ1n) is 8.78. The highest BCUT2D eigenvalue weighted by Crippen LogP contribution is 2.14. The third kappa shape index (κ3) is 4.39. The van der Waals surface area contributed by atoms with E-state index in [-0.39, 0.29) is 0 Å². The Hall–Kier alpha value is -4.00. The standard InChI is InChI=1S/C21H18N6O/c1-3-7-18(8-4-1)16-28-20-13-11-17(12-14-20)15-22-23-21-24-25-26-27(21)19-9-5-2-6-10-19/h1-15H,16H2,(H,23,24,26)/b22-15-. The lowest BCUT2D eigenvalue weighted by Crippen LogP contribution is -2.03. The minimum Gasteiger partial charge on any atom is -0.489 e. The molecule has 0 fully saturated rings. The average molecular weight is 370 g/mol. The maximum atomic E-state index is 5.79.